The van der Waals surface area contributed by atoms with Crippen LogP contribution in [-0.4, -0.2) is 34.0 Å². The quantitative estimate of drug-likeness (QED) is 0.780. The van der Waals surface area contributed by atoms with Crippen LogP contribution in [0.1, 0.15) is 11.6 Å². The minimum atomic E-state index is -3.67. The van der Waals surface area contributed by atoms with Gasteiger partial charge in [0.2, 0.25) is 10.0 Å². The number of nitrogens with zero attached hydrogens (tertiary/aromatic N) is 1. The van der Waals surface area contributed by atoms with Crippen LogP contribution in [0.2, 0.25) is 5.02 Å². The van der Waals surface area contributed by atoms with E-state index >= 15 is 0 Å². The molecule has 124 valence electrons. The molecule has 0 bridgehead atoms. The molecule has 0 radical (unpaired) electrons. The lowest BCUT2D eigenvalue weighted by atomic mass is 10.1. The molecule has 1 N–H and O–H groups in total. The third-order valence-electron chi connectivity index (χ3n) is 3.46. The van der Waals surface area contributed by atoms with Crippen LogP contribution in [0, 0.1) is 0 Å². The fraction of sp³-hybridized carbons (Fsp3) is 0.250. The van der Waals surface area contributed by atoms with Crippen LogP contribution >= 0.6 is 27.5 Å². The first-order valence-electron chi connectivity index (χ1n) is 6.97. The third kappa shape index (κ3) is 4.78. The molecule has 0 aliphatic rings. The molecule has 7 heteroatoms. The van der Waals surface area contributed by atoms with Crippen molar-refractivity contribution in [2.24, 2.45) is 0 Å². The van der Waals surface area contributed by atoms with Gasteiger partial charge in [-0.15, -0.1) is 0 Å². The van der Waals surface area contributed by atoms with Crippen LogP contribution < -0.4 is 4.72 Å². The number of benzene rings is 2. The highest BCUT2D eigenvalue weighted by Gasteiger charge is 2.21. The van der Waals surface area contributed by atoms with E-state index in [9.17, 15) is 8.42 Å². The summed E-state index contributed by atoms with van der Waals surface area (Å²) in [5, 5.41) is 0.188. The van der Waals surface area contributed by atoms with Gasteiger partial charge >= 0.3 is 0 Å². The first-order valence-corrected chi connectivity index (χ1v) is 9.63. The molecule has 0 amide bonds. The topological polar surface area (TPSA) is 49.4 Å². The lowest BCUT2D eigenvalue weighted by Gasteiger charge is -2.25. The number of likely N-dealkylation sites (N-methyl/N-ethyl adjacent to an activating group) is 1. The van der Waals surface area contributed by atoms with E-state index in [0.717, 1.165) is 10.0 Å². The monoisotopic (exact) mass is 416 g/mol. The lowest BCUT2D eigenvalue weighted by molar-refractivity contribution is 0.299. The molecular formula is C16H18BrClN2O2S. The van der Waals surface area contributed by atoms with E-state index in [1.165, 1.54) is 6.07 Å². The average Bonchev–Trinajstić information content (AvgIpc) is 2.47. The molecule has 0 spiro atoms. The average molecular weight is 418 g/mol. The Bertz CT molecular complexity index is 767. The van der Waals surface area contributed by atoms with Crippen LogP contribution in [0.15, 0.2) is 57.9 Å². The molecule has 23 heavy (non-hydrogen) atoms. The molecule has 2 aromatic carbocycles. The van der Waals surface area contributed by atoms with Gasteiger partial charge in [0.25, 0.3) is 0 Å². The second-order valence-electron chi connectivity index (χ2n) is 5.32. The van der Waals surface area contributed by atoms with Gasteiger partial charge in [-0.2, -0.15) is 0 Å². The first kappa shape index (κ1) is 18.4. The summed E-state index contributed by atoms with van der Waals surface area (Å²) in [7, 11) is 0.157. The zero-order chi connectivity index (χ0) is 17.0. The predicted octanol–water partition coefficient (Wildman–Crippen LogP) is 3.68. The minimum Gasteiger partial charge on any atom is -0.301 e. The Morgan fingerprint density at radius 3 is 2.39 bits per heavy atom. The molecule has 2 aromatic rings. The number of sulfonamides is 1. The van der Waals surface area contributed by atoms with Gasteiger partial charge in [0, 0.05) is 17.1 Å². The molecule has 1 atom stereocenters. The number of halogens is 2. The Labute approximate surface area is 150 Å². The summed E-state index contributed by atoms with van der Waals surface area (Å²) in [4.78, 5) is 2.05. The van der Waals surface area contributed by atoms with Crippen molar-refractivity contribution in [3.8, 4) is 0 Å². The van der Waals surface area contributed by atoms with E-state index in [2.05, 4.69) is 20.7 Å². The van der Waals surface area contributed by atoms with Crippen molar-refractivity contribution in [2.75, 3.05) is 20.6 Å². The van der Waals surface area contributed by atoms with Crippen molar-refractivity contribution in [3.63, 3.8) is 0 Å². The van der Waals surface area contributed by atoms with Gasteiger partial charge in [-0.3, -0.25) is 0 Å². The maximum atomic E-state index is 12.5. The van der Waals surface area contributed by atoms with E-state index in [1.54, 1.807) is 12.1 Å². The van der Waals surface area contributed by atoms with Crippen molar-refractivity contribution < 1.29 is 8.42 Å². The number of hydrogen-bond acceptors (Lipinski definition) is 3. The van der Waals surface area contributed by atoms with Crippen molar-refractivity contribution in [3.05, 3.63) is 63.6 Å². The predicted molar refractivity (Wildman–Crippen MR) is 97.2 cm³/mol. The van der Waals surface area contributed by atoms with Crippen LogP contribution in [0.25, 0.3) is 0 Å². The Balaban J connectivity index is 2.20. The van der Waals surface area contributed by atoms with E-state index in [1.807, 2.05) is 49.3 Å². The molecule has 2 rings (SSSR count). The normalized spacial score (nSPS) is 13.3. The standard InChI is InChI=1S/C16H18BrClN2O2S/c1-20(2)15(12-6-4-3-5-7-12)11-19-23(21,22)16-9-8-13(17)10-14(16)18/h3-10,15,19H,11H2,1-2H3/t15-/m0/s1. The summed E-state index contributed by atoms with van der Waals surface area (Å²) in [5.74, 6) is 0. The summed E-state index contributed by atoms with van der Waals surface area (Å²) >= 11 is 9.32. The maximum absolute atomic E-state index is 12.5. The largest absolute Gasteiger partial charge is 0.301 e. The van der Waals surface area contributed by atoms with Crippen molar-refractivity contribution in [1.29, 1.82) is 0 Å². The summed E-state index contributed by atoms with van der Waals surface area (Å²) < 4.78 is 28.4. The van der Waals surface area contributed by atoms with Gasteiger partial charge in [-0.05, 0) is 37.9 Å². The molecule has 0 saturated carbocycles. The highest BCUT2D eigenvalue weighted by Crippen LogP contribution is 2.25. The molecule has 0 aliphatic carbocycles. The van der Waals surface area contributed by atoms with Crippen LogP contribution in [-0.2, 0) is 10.0 Å². The fourth-order valence-electron chi connectivity index (χ4n) is 2.23. The van der Waals surface area contributed by atoms with Gasteiger partial charge in [0.1, 0.15) is 4.90 Å². The maximum Gasteiger partial charge on any atom is 0.242 e. The SMILES string of the molecule is CN(C)[C@@H](CNS(=O)(=O)c1ccc(Br)cc1Cl)c1ccccc1. The van der Waals surface area contributed by atoms with Gasteiger partial charge < -0.3 is 4.90 Å². The highest BCUT2D eigenvalue weighted by molar-refractivity contribution is 9.10. The van der Waals surface area contributed by atoms with Crippen molar-refractivity contribution >= 4 is 37.6 Å². The fourth-order valence-corrected chi connectivity index (χ4v) is 4.31. The molecule has 0 unspecified atom stereocenters. The Hall–Kier alpha value is -0.920. The second-order valence-corrected chi connectivity index (χ2v) is 8.37. The van der Waals surface area contributed by atoms with E-state index in [4.69, 9.17) is 11.6 Å². The van der Waals surface area contributed by atoms with Crippen LogP contribution in [0.3, 0.4) is 0 Å². The van der Waals surface area contributed by atoms with Gasteiger partial charge in [0.15, 0.2) is 0 Å². The summed E-state index contributed by atoms with van der Waals surface area (Å²) in [6, 6.07) is 14.4. The van der Waals surface area contributed by atoms with Crippen LogP contribution in [0.4, 0.5) is 0 Å². The van der Waals surface area contributed by atoms with E-state index in [0.29, 0.717) is 0 Å². The number of nitrogens with one attached hydrogen (secondary N) is 1. The lowest BCUT2D eigenvalue weighted by Crippen LogP contribution is -2.34. The number of rotatable bonds is 6. The van der Waals surface area contributed by atoms with Gasteiger partial charge in [-0.25, -0.2) is 13.1 Å². The zero-order valence-electron chi connectivity index (χ0n) is 12.8. The minimum absolute atomic E-state index is 0.0693. The molecule has 0 heterocycles. The molecular weight excluding hydrogens is 400 g/mol. The third-order valence-corrected chi connectivity index (χ3v) is 5.86. The molecule has 4 nitrogen and oxygen atoms in total. The Morgan fingerprint density at radius 1 is 1.17 bits per heavy atom. The molecule has 0 fully saturated rings. The van der Waals surface area contributed by atoms with Crippen molar-refractivity contribution in [1.82, 2.24) is 9.62 Å². The zero-order valence-corrected chi connectivity index (χ0v) is 16.0. The molecule has 0 saturated heterocycles. The van der Waals surface area contributed by atoms with Crippen LogP contribution in [0.5, 0.6) is 0 Å². The number of hydrogen-bond donors (Lipinski definition) is 1. The van der Waals surface area contributed by atoms with E-state index in [-0.39, 0.29) is 22.5 Å². The van der Waals surface area contributed by atoms with Gasteiger partial charge in [0.05, 0.1) is 5.02 Å². The van der Waals surface area contributed by atoms with E-state index < -0.39 is 10.0 Å². The Morgan fingerprint density at radius 2 is 1.83 bits per heavy atom. The summed E-state index contributed by atoms with van der Waals surface area (Å²) in [5.41, 5.74) is 1.04. The first-order chi connectivity index (χ1) is 10.8. The Kier molecular flexibility index (Phi) is 6.22. The summed E-state index contributed by atoms with van der Waals surface area (Å²) in [6.07, 6.45) is 0. The second kappa shape index (κ2) is 7.77. The summed E-state index contributed by atoms with van der Waals surface area (Å²) in [6.45, 7) is 0.256. The van der Waals surface area contributed by atoms with Crippen molar-refractivity contribution in [2.45, 2.75) is 10.9 Å². The molecule has 0 aromatic heterocycles. The highest BCUT2D eigenvalue weighted by atomic mass is 79.9. The van der Waals surface area contributed by atoms with Gasteiger partial charge in [-0.1, -0.05) is 57.9 Å². The molecule has 0 aliphatic heterocycles. The smallest absolute Gasteiger partial charge is 0.242 e.